The van der Waals surface area contributed by atoms with Gasteiger partial charge < -0.3 is 19.8 Å². The summed E-state index contributed by atoms with van der Waals surface area (Å²) in [5, 5.41) is 24.4. The van der Waals surface area contributed by atoms with Crippen molar-refractivity contribution < 1.29 is 24.5 Å². The summed E-state index contributed by atoms with van der Waals surface area (Å²) in [4.78, 5) is 33.3. The molecule has 1 saturated carbocycles. The molecule has 2 fully saturated rings. The van der Waals surface area contributed by atoms with Gasteiger partial charge in [-0.1, -0.05) is 26.5 Å². The lowest BCUT2D eigenvalue weighted by molar-refractivity contribution is -0.147. The maximum atomic E-state index is 13.4. The van der Waals surface area contributed by atoms with Crippen LogP contribution in [-0.4, -0.2) is 64.5 Å². The number of likely N-dealkylation sites (tertiary alicyclic amines) is 1. The summed E-state index contributed by atoms with van der Waals surface area (Å²) in [7, 11) is 0. The van der Waals surface area contributed by atoms with Gasteiger partial charge >= 0.3 is 6.09 Å². The van der Waals surface area contributed by atoms with E-state index in [4.69, 9.17) is 9.72 Å². The maximum absolute atomic E-state index is 13.4. The highest BCUT2D eigenvalue weighted by Crippen LogP contribution is 2.62. The second kappa shape index (κ2) is 9.95. The topological polar surface area (TPSA) is 112 Å². The Kier molecular flexibility index (Phi) is 7.36. The molecular formula is C25H37N3O5S. The first-order chi connectivity index (χ1) is 16.2. The van der Waals surface area contributed by atoms with Crippen molar-refractivity contribution in [1.82, 2.24) is 9.88 Å². The fourth-order valence-corrected chi connectivity index (χ4v) is 7.46. The fraction of sp³-hybridized carbons (Fsp3) is 0.720. The standard InChI is InChI=1S/C25H37N3O5S/c1-4-12-33-23(32)27-22-26-21-16(13-20(31)28-10-6-5-7-11-28)24(2)9-8-19(30)25(3,15-29)18(24)14-17(21)34-22/h4,16,18-19,29-30H,1,5-15H2,2-3H3,(H,26,27,32)/t16-,18+,19-,24+,25+/m1/s1. The number of ether oxygens (including phenoxy) is 1. The number of amides is 2. The van der Waals surface area contributed by atoms with Gasteiger partial charge in [0.15, 0.2) is 5.13 Å². The number of nitrogens with one attached hydrogen (secondary N) is 1. The molecular weight excluding hydrogens is 454 g/mol. The quantitative estimate of drug-likeness (QED) is 0.523. The van der Waals surface area contributed by atoms with Gasteiger partial charge in [0.1, 0.15) is 6.61 Å². The predicted octanol–water partition coefficient (Wildman–Crippen LogP) is 3.70. The molecule has 5 atom stereocenters. The molecule has 2 amide bonds. The average molecular weight is 492 g/mol. The van der Waals surface area contributed by atoms with E-state index in [2.05, 4.69) is 18.8 Å². The summed E-state index contributed by atoms with van der Waals surface area (Å²) in [5.41, 5.74) is -0.105. The first-order valence-corrected chi connectivity index (χ1v) is 13.2. The van der Waals surface area contributed by atoms with Crippen LogP contribution >= 0.6 is 11.3 Å². The number of hydrogen-bond donors (Lipinski definition) is 3. The summed E-state index contributed by atoms with van der Waals surface area (Å²) < 4.78 is 5.05. The van der Waals surface area contributed by atoms with Crippen LogP contribution < -0.4 is 5.32 Å². The number of aromatic nitrogens is 1. The van der Waals surface area contributed by atoms with Crippen molar-refractivity contribution in [3.8, 4) is 0 Å². The second-order valence-corrected chi connectivity index (χ2v) is 11.6. The summed E-state index contributed by atoms with van der Waals surface area (Å²) in [5.74, 6) is -0.0197. The van der Waals surface area contributed by atoms with Gasteiger partial charge in [-0.2, -0.15) is 0 Å². The summed E-state index contributed by atoms with van der Waals surface area (Å²) in [6.45, 7) is 9.29. The Bertz CT molecular complexity index is 930. The Labute approximate surface area is 205 Å². The highest BCUT2D eigenvalue weighted by atomic mass is 32.1. The number of hydrogen-bond acceptors (Lipinski definition) is 7. The van der Waals surface area contributed by atoms with Gasteiger partial charge in [-0.3, -0.25) is 10.1 Å². The highest BCUT2D eigenvalue weighted by Gasteiger charge is 2.59. The van der Waals surface area contributed by atoms with Crippen molar-refractivity contribution in [2.75, 3.05) is 31.6 Å². The Morgan fingerprint density at radius 1 is 1.32 bits per heavy atom. The van der Waals surface area contributed by atoms with Crippen LogP contribution in [0.1, 0.15) is 68.9 Å². The Morgan fingerprint density at radius 2 is 2.06 bits per heavy atom. The molecule has 1 aromatic heterocycles. The third kappa shape index (κ3) is 4.50. The molecule has 1 aromatic rings. The van der Waals surface area contributed by atoms with Gasteiger partial charge in [0, 0.05) is 35.7 Å². The van der Waals surface area contributed by atoms with Gasteiger partial charge in [0.2, 0.25) is 5.91 Å². The van der Waals surface area contributed by atoms with Crippen LogP contribution in [0.4, 0.5) is 9.93 Å². The zero-order valence-corrected chi connectivity index (χ0v) is 21.0. The van der Waals surface area contributed by atoms with Crippen LogP contribution in [0.3, 0.4) is 0 Å². The number of fused-ring (bicyclic) bond motifs is 2. The zero-order chi connectivity index (χ0) is 24.5. The summed E-state index contributed by atoms with van der Waals surface area (Å²) in [6.07, 6.45) is 5.87. The number of anilines is 1. The minimum Gasteiger partial charge on any atom is -0.445 e. The molecule has 1 saturated heterocycles. The molecule has 0 unspecified atom stereocenters. The van der Waals surface area contributed by atoms with Gasteiger partial charge in [-0.25, -0.2) is 9.78 Å². The lowest BCUT2D eigenvalue weighted by atomic mass is 9.47. The maximum Gasteiger partial charge on any atom is 0.413 e. The van der Waals surface area contributed by atoms with E-state index in [0.29, 0.717) is 24.4 Å². The predicted molar refractivity (Wildman–Crippen MR) is 131 cm³/mol. The number of carbonyl (C=O) groups is 2. The van der Waals surface area contributed by atoms with E-state index < -0.39 is 17.6 Å². The summed E-state index contributed by atoms with van der Waals surface area (Å²) >= 11 is 1.39. The number of carbonyl (C=O) groups excluding carboxylic acids is 2. The van der Waals surface area contributed by atoms with E-state index >= 15 is 0 Å². The van der Waals surface area contributed by atoms with E-state index in [0.717, 1.165) is 49.3 Å². The number of rotatable bonds is 6. The minimum absolute atomic E-state index is 0.0126. The van der Waals surface area contributed by atoms with Crippen molar-refractivity contribution in [3.63, 3.8) is 0 Å². The summed E-state index contributed by atoms with van der Waals surface area (Å²) in [6, 6.07) is 0. The third-order valence-electron chi connectivity index (χ3n) is 8.52. The van der Waals surface area contributed by atoms with Crippen LogP contribution in [0, 0.1) is 16.7 Å². The SMILES string of the molecule is C=CCOC(=O)Nc1nc2c(s1)C[C@@H]1[C@](C)(CO)[C@H](O)CC[C@@]1(C)[C@@H]2CC(=O)N1CCCCC1. The molecule has 2 aliphatic carbocycles. The third-order valence-corrected chi connectivity index (χ3v) is 9.53. The molecule has 188 valence electrons. The minimum atomic E-state index is -0.669. The molecule has 4 rings (SSSR count). The van der Waals surface area contributed by atoms with Gasteiger partial charge in [0.05, 0.1) is 18.4 Å². The number of piperidine rings is 1. The van der Waals surface area contributed by atoms with Crippen LogP contribution in [0.15, 0.2) is 12.7 Å². The monoisotopic (exact) mass is 491 g/mol. The van der Waals surface area contributed by atoms with Gasteiger partial charge in [-0.05, 0) is 49.9 Å². The molecule has 0 aromatic carbocycles. The van der Waals surface area contributed by atoms with Crippen LogP contribution in [0.5, 0.6) is 0 Å². The zero-order valence-electron chi connectivity index (χ0n) is 20.2. The van der Waals surface area contributed by atoms with Crippen molar-refractivity contribution in [1.29, 1.82) is 0 Å². The second-order valence-electron chi connectivity index (χ2n) is 10.5. The normalized spacial score (nSPS) is 32.9. The van der Waals surface area contributed by atoms with Crippen LogP contribution in [0.25, 0.3) is 0 Å². The van der Waals surface area contributed by atoms with E-state index in [9.17, 15) is 19.8 Å². The van der Waals surface area contributed by atoms with Crippen molar-refractivity contribution in [3.05, 3.63) is 23.2 Å². The van der Waals surface area contributed by atoms with Gasteiger partial charge in [0.25, 0.3) is 0 Å². The Morgan fingerprint density at radius 3 is 2.74 bits per heavy atom. The number of nitrogens with zero attached hydrogens (tertiary/aromatic N) is 2. The molecule has 8 nitrogen and oxygen atoms in total. The number of aliphatic hydroxyl groups excluding tert-OH is 2. The number of aliphatic hydroxyl groups is 2. The van der Waals surface area contributed by atoms with E-state index in [-0.39, 0.29) is 36.4 Å². The van der Waals surface area contributed by atoms with E-state index in [1.54, 1.807) is 0 Å². The Balaban J connectivity index is 1.68. The first kappa shape index (κ1) is 25.1. The van der Waals surface area contributed by atoms with Crippen molar-refractivity contribution >= 4 is 28.5 Å². The van der Waals surface area contributed by atoms with E-state index in [1.807, 2.05) is 11.8 Å². The lowest BCUT2D eigenvalue weighted by Crippen LogP contribution is -2.57. The van der Waals surface area contributed by atoms with Crippen LogP contribution in [0.2, 0.25) is 0 Å². The molecule has 9 heteroatoms. The van der Waals surface area contributed by atoms with E-state index in [1.165, 1.54) is 17.4 Å². The highest BCUT2D eigenvalue weighted by molar-refractivity contribution is 7.15. The molecule has 0 spiro atoms. The number of thiazole rings is 1. The van der Waals surface area contributed by atoms with Crippen molar-refractivity contribution in [2.45, 2.75) is 70.8 Å². The van der Waals surface area contributed by atoms with Gasteiger partial charge in [-0.15, -0.1) is 11.3 Å². The molecule has 2 heterocycles. The van der Waals surface area contributed by atoms with Crippen molar-refractivity contribution in [2.24, 2.45) is 16.7 Å². The fourth-order valence-electron chi connectivity index (χ4n) is 6.40. The lowest BCUT2D eigenvalue weighted by Gasteiger charge is -2.58. The smallest absolute Gasteiger partial charge is 0.413 e. The Hall–Kier alpha value is -1.97. The largest absolute Gasteiger partial charge is 0.445 e. The first-order valence-electron chi connectivity index (χ1n) is 12.3. The molecule has 3 aliphatic rings. The molecule has 0 bridgehead atoms. The molecule has 3 N–H and O–H groups in total. The van der Waals surface area contributed by atoms with Crippen LogP contribution in [-0.2, 0) is 16.0 Å². The average Bonchev–Trinajstić information content (AvgIpc) is 3.24. The molecule has 34 heavy (non-hydrogen) atoms. The molecule has 1 aliphatic heterocycles. The molecule has 0 radical (unpaired) electrons.